The van der Waals surface area contributed by atoms with Crippen LogP contribution in [0.15, 0.2) is 41.5 Å². The molecule has 0 saturated heterocycles. The van der Waals surface area contributed by atoms with Crippen molar-refractivity contribution in [2.24, 2.45) is 0 Å². The molecule has 2 aromatic heterocycles. The molecule has 1 aromatic carbocycles. The van der Waals surface area contributed by atoms with Gasteiger partial charge in [-0.1, -0.05) is 18.2 Å². The van der Waals surface area contributed by atoms with Crippen LogP contribution in [0.2, 0.25) is 0 Å². The number of benzene rings is 1. The SMILES string of the molecule is CS(=O)(=O)Cn1cc2c3c(c[nH]c(=O)c31)-c1ccccc1NC2. The van der Waals surface area contributed by atoms with E-state index in [4.69, 9.17) is 0 Å². The Morgan fingerprint density at radius 2 is 2.00 bits per heavy atom. The van der Waals surface area contributed by atoms with Gasteiger partial charge < -0.3 is 14.9 Å². The van der Waals surface area contributed by atoms with Crippen molar-refractivity contribution in [3.05, 3.63) is 52.6 Å². The Hall–Kier alpha value is -2.54. The van der Waals surface area contributed by atoms with Crippen LogP contribution >= 0.6 is 0 Å². The number of fused-ring (bicyclic) bond motifs is 2. The fraction of sp³-hybridized carbons (Fsp3) is 0.188. The van der Waals surface area contributed by atoms with E-state index in [0.29, 0.717) is 12.1 Å². The minimum Gasteiger partial charge on any atom is -0.380 e. The third-order valence-electron chi connectivity index (χ3n) is 4.05. The van der Waals surface area contributed by atoms with E-state index in [1.165, 1.54) is 4.57 Å². The average Bonchev–Trinajstić information content (AvgIpc) is 2.75. The molecular formula is C16H15N3O3S. The maximum atomic E-state index is 12.3. The molecule has 0 atom stereocenters. The van der Waals surface area contributed by atoms with Crippen LogP contribution in [0, 0.1) is 0 Å². The molecule has 3 heterocycles. The number of hydrogen-bond acceptors (Lipinski definition) is 4. The fourth-order valence-electron chi connectivity index (χ4n) is 3.20. The van der Waals surface area contributed by atoms with Crippen LogP contribution in [-0.4, -0.2) is 24.2 Å². The number of pyridine rings is 1. The highest BCUT2D eigenvalue weighted by atomic mass is 32.2. The molecule has 0 spiro atoms. The molecule has 0 unspecified atom stereocenters. The van der Waals surface area contributed by atoms with Crippen LogP contribution in [0.3, 0.4) is 0 Å². The number of rotatable bonds is 2. The van der Waals surface area contributed by atoms with E-state index in [0.717, 1.165) is 34.0 Å². The molecule has 0 amide bonds. The summed E-state index contributed by atoms with van der Waals surface area (Å²) in [6.07, 6.45) is 4.62. The quantitative estimate of drug-likeness (QED) is 0.752. The van der Waals surface area contributed by atoms with Gasteiger partial charge in [0.25, 0.3) is 5.56 Å². The van der Waals surface area contributed by atoms with Crippen molar-refractivity contribution in [1.29, 1.82) is 0 Å². The molecule has 0 aliphatic carbocycles. The molecule has 3 aromatic rings. The van der Waals surface area contributed by atoms with Gasteiger partial charge in [-0.05, 0) is 11.6 Å². The number of aromatic amines is 1. The van der Waals surface area contributed by atoms with Crippen LogP contribution in [-0.2, 0) is 22.3 Å². The van der Waals surface area contributed by atoms with Gasteiger partial charge in [-0.2, -0.15) is 0 Å². The molecule has 1 aliphatic heterocycles. The van der Waals surface area contributed by atoms with Crippen molar-refractivity contribution in [3.63, 3.8) is 0 Å². The smallest absolute Gasteiger partial charge is 0.272 e. The second kappa shape index (κ2) is 4.73. The lowest BCUT2D eigenvalue weighted by atomic mass is 10.0. The summed E-state index contributed by atoms with van der Waals surface area (Å²) in [5.74, 6) is -0.211. The zero-order chi connectivity index (χ0) is 16.2. The van der Waals surface area contributed by atoms with Gasteiger partial charge in [0, 0.05) is 47.4 Å². The predicted molar refractivity (Wildman–Crippen MR) is 90.2 cm³/mol. The van der Waals surface area contributed by atoms with Crippen LogP contribution in [0.5, 0.6) is 0 Å². The first kappa shape index (κ1) is 14.1. The third kappa shape index (κ3) is 2.24. The lowest BCUT2D eigenvalue weighted by Crippen LogP contribution is -2.14. The van der Waals surface area contributed by atoms with Gasteiger partial charge in [-0.3, -0.25) is 4.79 Å². The van der Waals surface area contributed by atoms with Gasteiger partial charge in [0.1, 0.15) is 11.4 Å². The summed E-state index contributed by atoms with van der Waals surface area (Å²) in [4.78, 5) is 15.1. The van der Waals surface area contributed by atoms with Crippen molar-refractivity contribution in [2.45, 2.75) is 12.4 Å². The molecule has 6 nitrogen and oxygen atoms in total. The Morgan fingerprint density at radius 3 is 2.78 bits per heavy atom. The first-order chi connectivity index (χ1) is 10.9. The molecule has 0 saturated carbocycles. The second-order valence-corrected chi connectivity index (χ2v) is 7.94. The number of H-pyrrole nitrogens is 1. The maximum absolute atomic E-state index is 12.3. The summed E-state index contributed by atoms with van der Waals surface area (Å²) in [7, 11) is -3.25. The third-order valence-corrected chi connectivity index (χ3v) is 4.80. The summed E-state index contributed by atoms with van der Waals surface area (Å²) in [5, 5.41) is 4.16. The maximum Gasteiger partial charge on any atom is 0.272 e. The standard InChI is InChI=1S/C16H15N3O3S/c1-23(21,22)9-19-8-10-6-17-13-5-3-2-4-11(13)12-7-18-16(20)15(19)14(10)12/h2-5,7-8,17H,6,9H2,1H3,(H,18,20). The van der Waals surface area contributed by atoms with E-state index >= 15 is 0 Å². The summed E-state index contributed by atoms with van der Waals surface area (Å²) in [6, 6.07) is 7.87. The Bertz CT molecular complexity index is 1090. The zero-order valence-corrected chi connectivity index (χ0v) is 13.3. The number of nitrogens with zero attached hydrogens (tertiary/aromatic N) is 1. The van der Waals surface area contributed by atoms with E-state index < -0.39 is 9.84 Å². The Labute approximate surface area is 132 Å². The van der Waals surface area contributed by atoms with Gasteiger partial charge in [0.15, 0.2) is 9.84 Å². The van der Waals surface area contributed by atoms with E-state index in [-0.39, 0.29) is 11.4 Å². The number of nitrogens with one attached hydrogen (secondary N) is 2. The molecule has 23 heavy (non-hydrogen) atoms. The molecule has 7 heteroatoms. The molecule has 118 valence electrons. The van der Waals surface area contributed by atoms with Crippen LogP contribution in [0.25, 0.3) is 22.0 Å². The molecular weight excluding hydrogens is 314 g/mol. The highest BCUT2D eigenvalue weighted by Gasteiger charge is 2.22. The number of para-hydroxylation sites is 1. The average molecular weight is 329 g/mol. The van der Waals surface area contributed by atoms with E-state index in [1.54, 1.807) is 12.4 Å². The minimum atomic E-state index is -3.25. The van der Waals surface area contributed by atoms with Crippen molar-refractivity contribution in [1.82, 2.24) is 9.55 Å². The molecule has 0 radical (unpaired) electrons. The summed E-state index contributed by atoms with van der Waals surface area (Å²) in [5.41, 5.74) is 3.93. The normalized spacial score (nSPS) is 13.4. The van der Waals surface area contributed by atoms with Gasteiger partial charge in [-0.15, -0.1) is 0 Å². The molecule has 0 fully saturated rings. The van der Waals surface area contributed by atoms with Crippen LogP contribution in [0.4, 0.5) is 5.69 Å². The van der Waals surface area contributed by atoms with Crippen molar-refractivity contribution < 1.29 is 8.42 Å². The monoisotopic (exact) mass is 329 g/mol. The summed E-state index contributed by atoms with van der Waals surface area (Å²) < 4.78 is 24.9. The number of hydrogen-bond donors (Lipinski definition) is 2. The topological polar surface area (TPSA) is 84.0 Å². The summed E-state index contributed by atoms with van der Waals surface area (Å²) in [6.45, 7) is 0.542. The highest BCUT2D eigenvalue weighted by Crippen LogP contribution is 2.37. The minimum absolute atomic E-state index is 0.211. The molecule has 4 rings (SSSR count). The highest BCUT2D eigenvalue weighted by molar-refractivity contribution is 7.89. The van der Waals surface area contributed by atoms with Crippen molar-refractivity contribution >= 4 is 26.4 Å². The number of aromatic nitrogens is 2. The lowest BCUT2D eigenvalue weighted by molar-refractivity contribution is 0.591. The van der Waals surface area contributed by atoms with Crippen molar-refractivity contribution in [2.75, 3.05) is 11.6 Å². The van der Waals surface area contributed by atoms with Gasteiger partial charge in [0.05, 0.1) is 0 Å². The van der Waals surface area contributed by atoms with Gasteiger partial charge in [-0.25, -0.2) is 8.42 Å². The second-order valence-electron chi connectivity index (χ2n) is 5.83. The fourth-order valence-corrected chi connectivity index (χ4v) is 3.91. The molecule has 1 aliphatic rings. The Kier molecular flexibility index (Phi) is 2.89. The lowest BCUT2D eigenvalue weighted by Gasteiger charge is -2.09. The summed E-state index contributed by atoms with van der Waals surface area (Å²) >= 11 is 0. The zero-order valence-electron chi connectivity index (χ0n) is 12.5. The molecule has 0 bridgehead atoms. The van der Waals surface area contributed by atoms with Crippen LogP contribution in [0.1, 0.15) is 5.56 Å². The van der Waals surface area contributed by atoms with Crippen LogP contribution < -0.4 is 10.9 Å². The molecule has 2 N–H and O–H groups in total. The first-order valence-corrected chi connectivity index (χ1v) is 9.24. The van der Waals surface area contributed by atoms with E-state index in [1.807, 2.05) is 24.3 Å². The van der Waals surface area contributed by atoms with Gasteiger partial charge in [0.2, 0.25) is 0 Å². The predicted octanol–water partition coefficient (Wildman–Crippen LogP) is 1.92. The number of anilines is 1. The first-order valence-electron chi connectivity index (χ1n) is 7.18. The van der Waals surface area contributed by atoms with E-state index in [2.05, 4.69) is 10.3 Å². The largest absolute Gasteiger partial charge is 0.380 e. The van der Waals surface area contributed by atoms with E-state index in [9.17, 15) is 13.2 Å². The Balaban J connectivity index is 2.10. The number of sulfone groups is 1. The van der Waals surface area contributed by atoms with Gasteiger partial charge >= 0.3 is 0 Å². The van der Waals surface area contributed by atoms with Crippen molar-refractivity contribution in [3.8, 4) is 11.1 Å². The Morgan fingerprint density at radius 1 is 1.22 bits per heavy atom.